The van der Waals surface area contributed by atoms with Gasteiger partial charge in [0.1, 0.15) is 6.23 Å². The number of amides is 2. The van der Waals surface area contributed by atoms with Gasteiger partial charge >= 0.3 is 0 Å². The first-order chi connectivity index (χ1) is 10.9. The molecule has 2 heterocycles. The minimum absolute atomic E-state index is 0.110. The monoisotopic (exact) mass is 316 g/mol. The van der Waals surface area contributed by atoms with Gasteiger partial charge in [-0.2, -0.15) is 0 Å². The summed E-state index contributed by atoms with van der Waals surface area (Å²) in [5, 5.41) is 23.1. The number of aliphatic hydroxyl groups is 1. The van der Waals surface area contributed by atoms with Crippen LogP contribution in [0.5, 0.6) is 5.75 Å². The number of aliphatic hydroxyl groups excluding tert-OH is 1. The third-order valence-electron chi connectivity index (χ3n) is 3.90. The van der Waals surface area contributed by atoms with Gasteiger partial charge in [0.25, 0.3) is 5.91 Å². The highest BCUT2D eigenvalue weighted by atomic mass is 16.3. The van der Waals surface area contributed by atoms with E-state index in [-0.39, 0.29) is 28.6 Å². The lowest BCUT2D eigenvalue weighted by atomic mass is 10.1. The van der Waals surface area contributed by atoms with E-state index in [1.54, 1.807) is 6.20 Å². The van der Waals surface area contributed by atoms with Crippen molar-refractivity contribution in [2.24, 2.45) is 5.73 Å². The number of nitrogens with two attached hydrogens (primary N) is 2. The molecule has 1 aromatic rings. The summed E-state index contributed by atoms with van der Waals surface area (Å²) in [7, 11) is 0. The number of hydrogen-bond donors (Lipinski definition) is 5. The van der Waals surface area contributed by atoms with Crippen molar-refractivity contribution in [2.75, 3.05) is 11.1 Å². The molecule has 1 aromatic carbocycles. The molecule has 0 saturated carbocycles. The maximum Gasteiger partial charge on any atom is 0.260 e. The van der Waals surface area contributed by atoms with Crippen LogP contribution in [0.15, 0.2) is 36.1 Å². The molecular weight excluding hydrogens is 300 g/mol. The summed E-state index contributed by atoms with van der Waals surface area (Å²) < 4.78 is 0. The minimum Gasteiger partial charge on any atom is -0.504 e. The Morgan fingerprint density at radius 1 is 1.43 bits per heavy atom. The van der Waals surface area contributed by atoms with E-state index in [0.717, 1.165) is 0 Å². The summed E-state index contributed by atoms with van der Waals surface area (Å²) in [6, 6.07) is 2.34. The van der Waals surface area contributed by atoms with Crippen LogP contribution in [0.1, 0.15) is 16.8 Å². The first-order valence-corrected chi connectivity index (χ1v) is 6.95. The van der Waals surface area contributed by atoms with Gasteiger partial charge in [-0.1, -0.05) is 6.08 Å². The number of nitrogen functional groups attached to an aromatic ring is 1. The van der Waals surface area contributed by atoms with Crippen LogP contribution in [0.2, 0.25) is 0 Å². The zero-order valence-electron chi connectivity index (χ0n) is 12.1. The Kier molecular flexibility index (Phi) is 3.45. The summed E-state index contributed by atoms with van der Waals surface area (Å²) in [4.78, 5) is 24.9. The van der Waals surface area contributed by atoms with Gasteiger partial charge in [0.2, 0.25) is 5.91 Å². The van der Waals surface area contributed by atoms with Crippen molar-refractivity contribution in [3.63, 3.8) is 0 Å². The molecule has 2 amide bonds. The van der Waals surface area contributed by atoms with Crippen molar-refractivity contribution in [2.45, 2.75) is 18.7 Å². The lowest BCUT2D eigenvalue weighted by Gasteiger charge is -2.24. The van der Waals surface area contributed by atoms with Crippen LogP contribution in [0, 0.1) is 0 Å². The number of aromatic hydroxyl groups is 1. The fourth-order valence-corrected chi connectivity index (χ4v) is 2.75. The number of nitrogens with zero attached hydrogens (tertiary/aromatic N) is 1. The van der Waals surface area contributed by atoms with Crippen LogP contribution in [-0.4, -0.2) is 39.2 Å². The second-order valence-corrected chi connectivity index (χ2v) is 5.44. The standard InChI is InChI=1S/C15H16N4O4/c16-9-3-2-8-12(13(9)21)18-14(22)10-5-7(1-4-11(17)20)6-19(10)15(8)23/h1-4,6,10,14,18,21-22H,5,16H2,(H2,17,20)/b4-1+/t10-,14-/m0/s1. The molecule has 0 fully saturated rings. The van der Waals surface area contributed by atoms with E-state index in [1.165, 1.54) is 29.2 Å². The molecule has 0 radical (unpaired) electrons. The average molecular weight is 316 g/mol. The molecule has 0 saturated heterocycles. The number of phenolic OH excluding ortho intramolecular Hbond substituents is 1. The van der Waals surface area contributed by atoms with Crippen LogP contribution in [0.25, 0.3) is 0 Å². The van der Waals surface area contributed by atoms with Crippen molar-refractivity contribution >= 4 is 23.2 Å². The van der Waals surface area contributed by atoms with Gasteiger partial charge in [-0.05, 0) is 24.1 Å². The van der Waals surface area contributed by atoms with Crippen LogP contribution < -0.4 is 16.8 Å². The zero-order chi connectivity index (χ0) is 16.7. The number of allylic oxidation sites excluding steroid dienone is 1. The molecule has 7 N–H and O–H groups in total. The van der Waals surface area contributed by atoms with Gasteiger partial charge < -0.3 is 31.9 Å². The highest BCUT2D eigenvalue weighted by Crippen LogP contribution is 2.39. The summed E-state index contributed by atoms with van der Waals surface area (Å²) >= 11 is 0. The number of fused-ring (bicyclic) bond motifs is 2. The van der Waals surface area contributed by atoms with Crippen molar-refractivity contribution in [3.8, 4) is 5.75 Å². The van der Waals surface area contributed by atoms with Crippen LogP contribution >= 0.6 is 0 Å². The first-order valence-electron chi connectivity index (χ1n) is 6.95. The fraction of sp³-hybridized carbons (Fsp3) is 0.200. The number of carbonyl (C=O) groups excluding carboxylic acids is 2. The van der Waals surface area contributed by atoms with E-state index < -0.39 is 18.2 Å². The number of hydrogen-bond acceptors (Lipinski definition) is 6. The third-order valence-corrected chi connectivity index (χ3v) is 3.90. The Bertz CT molecular complexity index is 756. The second-order valence-electron chi connectivity index (χ2n) is 5.44. The number of carbonyl (C=O) groups is 2. The lowest BCUT2D eigenvalue weighted by Crippen LogP contribution is -2.42. The highest BCUT2D eigenvalue weighted by molar-refractivity contribution is 6.03. The van der Waals surface area contributed by atoms with E-state index >= 15 is 0 Å². The minimum atomic E-state index is -1.11. The van der Waals surface area contributed by atoms with Crippen LogP contribution in [0.3, 0.4) is 0 Å². The third kappa shape index (κ3) is 2.49. The summed E-state index contributed by atoms with van der Waals surface area (Å²) in [5.74, 6) is -1.25. The number of primary amides is 1. The summed E-state index contributed by atoms with van der Waals surface area (Å²) in [6.07, 6.45) is 3.50. The van der Waals surface area contributed by atoms with Gasteiger partial charge in [-0.3, -0.25) is 9.59 Å². The van der Waals surface area contributed by atoms with E-state index in [0.29, 0.717) is 12.0 Å². The Balaban J connectivity index is 2.01. The molecule has 2 atom stereocenters. The predicted octanol–water partition coefficient (Wildman–Crippen LogP) is -0.142. The molecule has 0 bridgehead atoms. The number of anilines is 2. The Morgan fingerprint density at radius 3 is 2.87 bits per heavy atom. The maximum absolute atomic E-state index is 12.7. The van der Waals surface area contributed by atoms with E-state index in [2.05, 4.69) is 5.32 Å². The molecule has 0 spiro atoms. The number of benzene rings is 1. The van der Waals surface area contributed by atoms with E-state index in [9.17, 15) is 19.8 Å². The molecule has 120 valence electrons. The molecule has 2 aliphatic heterocycles. The molecule has 23 heavy (non-hydrogen) atoms. The molecule has 0 unspecified atom stereocenters. The van der Waals surface area contributed by atoms with Gasteiger partial charge in [0.15, 0.2) is 5.75 Å². The highest BCUT2D eigenvalue weighted by Gasteiger charge is 2.39. The Morgan fingerprint density at radius 2 is 2.17 bits per heavy atom. The van der Waals surface area contributed by atoms with E-state index in [4.69, 9.17) is 11.5 Å². The van der Waals surface area contributed by atoms with Crippen LogP contribution in [0.4, 0.5) is 11.4 Å². The molecule has 8 nitrogen and oxygen atoms in total. The maximum atomic E-state index is 12.7. The number of rotatable bonds is 2. The fourth-order valence-electron chi connectivity index (χ4n) is 2.75. The molecule has 2 aliphatic rings. The van der Waals surface area contributed by atoms with Gasteiger partial charge in [-0.25, -0.2) is 0 Å². The summed E-state index contributed by atoms with van der Waals surface area (Å²) in [5.41, 5.74) is 11.8. The van der Waals surface area contributed by atoms with Crippen molar-refractivity contribution in [3.05, 3.63) is 41.6 Å². The van der Waals surface area contributed by atoms with Crippen molar-refractivity contribution < 1.29 is 19.8 Å². The SMILES string of the molecule is NC(=O)/C=C/C1=CN2C(=O)c3ccc(N)c(O)c3N[C@@H](O)[C@@H]2C1. The topological polar surface area (TPSA) is 142 Å². The number of phenols is 1. The smallest absolute Gasteiger partial charge is 0.260 e. The molecular formula is C15H16N4O4. The Hall–Kier alpha value is -3.00. The second kappa shape index (κ2) is 5.33. The first kappa shape index (κ1) is 14.9. The lowest BCUT2D eigenvalue weighted by molar-refractivity contribution is -0.113. The predicted molar refractivity (Wildman–Crippen MR) is 83.1 cm³/mol. The normalized spacial score (nSPS) is 23.1. The number of nitrogens with one attached hydrogen (secondary N) is 1. The molecule has 3 rings (SSSR count). The van der Waals surface area contributed by atoms with Crippen molar-refractivity contribution in [1.82, 2.24) is 4.90 Å². The van der Waals surface area contributed by atoms with Gasteiger partial charge in [-0.15, -0.1) is 0 Å². The van der Waals surface area contributed by atoms with E-state index in [1.807, 2.05) is 0 Å². The summed E-state index contributed by atoms with van der Waals surface area (Å²) in [6.45, 7) is 0. The largest absolute Gasteiger partial charge is 0.504 e. The quantitative estimate of drug-likeness (QED) is 0.292. The van der Waals surface area contributed by atoms with Gasteiger partial charge in [0, 0.05) is 12.3 Å². The van der Waals surface area contributed by atoms with Crippen LogP contribution in [-0.2, 0) is 4.79 Å². The average Bonchev–Trinajstić information content (AvgIpc) is 2.90. The van der Waals surface area contributed by atoms with Gasteiger partial charge in [0.05, 0.1) is 23.0 Å². The molecule has 8 heteroatoms. The Labute approximate surface area is 131 Å². The molecule has 0 aliphatic carbocycles. The molecule has 0 aromatic heterocycles. The zero-order valence-corrected chi connectivity index (χ0v) is 12.1. The van der Waals surface area contributed by atoms with Crippen molar-refractivity contribution in [1.29, 1.82) is 0 Å².